The fourth-order valence-corrected chi connectivity index (χ4v) is 2.01. The van der Waals surface area contributed by atoms with Crippen LogP contribution in [0.2, 0.25) is 0 Å². The second kappa shape index (κ2) is 5.62. The van der Waals surface area contributed by atoms with Gasteiger partial charge in [0.1, 0.15) is 0 Å². The molecule has 88 valence electrons. The lowest BCUT2D eigenvalue weighted by Gasteiger charge is -2.17. The van der Waals surface area contributed by atoms with Crippen molar-refractivity contribution in [2.24, 2.45) is 5.84 Å². The molecule has 0 saturated carbocycles. The summed E-state index contributed by atoms with van der Waals surface area (Å²) in [5.41, 5.74) is 6.68. The molecular weight excluding hydrogens is 208 g/mol. The Morgan fingerprint density at radius 2 is 1.82 bits per heavy atom. The van der Waals surface area contributed by atoms with Crippen LogP contribution >= 0.6 is 0 Å². The number of benzene rings is 2. The van der Waals surface area contributed by atoms with E-state index in [1.807, 2.05) is 6.07 Å². The van der Waals surface area contributed by atoms with Gasteiger partial charge in [0.05, 0.1) is 0 Å². The van der Waals surface area contributed by atoms with Crippen molar-refractivity contribution < 1.29 is 0 Å². The van der Waals surface area contributed by atoms with Crippen LogP contribution in [-0.2, 0) is 6.42 Å². The van der Waals surface area contributed by atoms with Crippen LogP contribution in [0.15, 0.2) is 54.6 Å². The van der Waals surface area contributed by atoms with Crippen LogP contribution in [0.4, 0.5) is 0 Å². The zero-order valence-electron chi connectivity index (χ0n) is 10.1. The molecule has 1 unspecified atom stereocenters. The molecule has 0 bridgehead atoms. The maximum atomic E-state index is 5.65. The van der Waals surface area contributed by atoms with Gasteiger partial charge < -0.3 is 0 Å². The standard InChI is InChI=1S/C15H18N2/c1-12-6-5-9-14(10-12)15(17-16)11-13-7-3-2-4-8-13/h2-10,15,17H,11,16H2,1H3. The number of hydrogen-bond acceptors (Lipinski definition) is 2. The minimum Gasteiger partial charge on any atom is -0.271 e. The maximum absolute atomic E-state index is 5.65. The average molecular weight is 226 g/mol. The van der Waals surface area contributed by atoms with Crippen molar-refractivity contribution in [2.45, 2.75) is 19.4 Å². The SMILES string of the molecule is Cc1cccc(C(Cc2ccccc2)NN)c1. The monoisotopic (exact) mass is 226 g/mol. The molecule has 2 rings (SSSR count). The molecule has 0 amide bonds. The van der Waals surface area contributed by atoms with Gasteiger partial charge in [0.2, 0.25) is 0 Å². The van der Waals surface area contributed by atoms with Gasteiger partial charge in [0, 0.05) is 6.04 Å². The van der Waals surface area contributed by atoms with Crippen molar-refractivity contribution in [2.75, 3.05) is 0 Å². The molecule has 17 heavy (non-hydrogen) atoms. The molecule has 2 nitrogen and oxygen atoms in total. The predicted molar refractivity (Wildman–Crippen MR) is 71.4 cm³/mol. The number of aryl methyl sites for hydroxylation is 1. The van der Waals surface area contributed by atoms with E-state index in [-0.39, 0.29) is 6.04 Å². The first kappa shape index (κ1) is 11.8. The molecule has 2 aromatic carbocycles. The molecule has 0 aliphatic heterocycles. The largest absolute Gasteiger partial charge is 0.271 e. The van der Waals surface area contributed by atoms with Crippen LogP contribution in [0.25, 0.3) is 0 Å². The van der Waals surface area contributed by atoms with Crippen LogP contribution in [-0.4, -0.2) is 0 Å². The van der Waals surface area contributed by atoms with Crippen molar-refractivity contribution in [1.82, 2.24) is 5.43 Å². The Hall–Kier alpha value is -1.64. The molecule has 0 spiro atoms. The van der Waals surface area contributed by atoms with E-state index in [0.717, 1.165) is 6.42 Å². The van der Waals surface area contributed by atoms with E-state index in [9.17, 15) is 0 Å². The Labute approximate surface area is 102 Å². The van der Waals surface area contributed by atoms with Gasteiger partial charge in [-0.3, -0.25) is 11.3 Å². The third-order valence-corrected chi connectivity index (χ3v) is 2.93. The zero-order chi connectivity index (χ0) is 12.1. The highest BCUT2D eigenvalue weighted by molar-refractivity contribution is 5.27. The molecule has 0 saturated heterocycles. The van der Waals surface area contributed by atoms with Crippen molar-refractivity contribution in [3.8, 4) is 0 Å². The topological polar surface area (TPSA) is 38.0 Å². The van der Waals surface area contributed by atoms with E-state index in [0.29, 0.717) is 0 Å². The van der Waals surface area contributed by atoms with Gasteiger partial charge in [-0.05, 0) is 24.5 Å². The van der Waals surface area contributed by atoms with Crippen molar-refractivity contribution in [3.63, 3.8) is 0 Å². The average Bonchev–Trinajstić information content (AvgIpc) is 2.37. The Morgan fingerprint density at radius 1 is 1.06 bits per heavy atom. The summed E-state index contributed by atoms with van der Waals surface area (Å²) in [6.45, 7) is 2.10. The summed E-state index contributed by atoms with van der Waals surface area (Å²) in [5, 5.41) is 0. The van der Waals surface area contributed by atoms with E-state index in [4.69, 9.17) is 5.84 Å². The van der Waals surface area contributed by atoms with E-state index >= 15 is 0 Å². The third-order valence-electron chi connectivity index (χ3n) is 2.93. The first-order valence-corrected chi connectivity index (χ1v) is 5.86. The summed E-state index contributed by atoms with van der Waals surface area (Å²) < 4.78 is 0. The minimum atomic E-state index is 0.164. The first-order chi connectivity index (χ1) is 8.29. The maximum Gasteiger partial charge on any atom is 0.0500 e. The molecule has 2 aromatic rings. The molecule has 0 aromatic heterocycles. The van der Waals surface area contributed by atoms with Gasteiger partial charge >= 0.3 is 0 Å². The van der Waals surface area contributed by atoms with Gasteiger partial charge in [-0.15, -0.1) is 0 Å². The quantitative estimate of drug-likeness (QED) is 0.621. The van der Waals surface area contributed by atoms with Gasteiger partial charge in [-0.25, -0.2) is 0 Å². The zero-order valence-corrected chi connectivity index (χ0v) is 10.1. The third kappa shape index (κ3) is 3.16. The summed E-state index contributed by atoms with van der Waals surface area (Å²) in [4.78, 5) is 0. The Balaban J connectivity index is 2.17. The highest BCUT2D eigenvalue weighted by Gasteiger charge is 2.10. The van der Waals surface area contributed by atoms with E-state index in [1.54, 1.807) is 0 Å². The first-order valence-electron chi connectivity index (χ1n) is 5.86. The lowest BCUT2D eigenvalue weighted by molar-refractivity contribution is 0.551. The Bertz CT molecular complexity index is 465. The summed E-state index contributed by atoms with van der Waals surface area (Å²) in [7, 11) is 0. The molecule has 1 atom stereocenters. The van der Waals surface area contributed by atoms with E-state index in [2.05, 4.69) is 60.9 Å². The minimum absolute atomic E-state index is 0.164. The van der Waals surface area contributed by atoms with Crippen LogP contribution in [0.5, 0.6) is 0 Å². The summed E-state index contributed by atoms with van der Waals surface area (Å²) >= 11 is 0. The van der Waals surface area contributed by atoms with Gasteiger partial charge in [-0.1, -0.05) is 60.2 Å². The Kier molecular flexibility index (Phi) is 3.91. The predicted octanol–water partition coefficient (Wildman–Crippen LogP) is 2.74. The summed E-state index contributed by atoms with van der Waals surface area (Å²) in [5.74, 6) is 5.65. The fourth-order valence-electron chi connectivity index (χ4n) is 2.01. The highest BCUT2D eigenvalue weighted by Crippen LogP contribution is 2.18. The second-order valence-electron chi connectivity index (χ2n) is 4.32. The van der Waals surface area contributed by atoms with Gasteiger partial charge in [0.25, 0.3) is 0 Å². The molecule has 0 aliphatic rings. The molecule has 3 N–H and O–H groups in total. The number of nitrogens with one attached hydrogen (secondary N) is 1. The number of nitrogens with two attached hydrogens (primary N) is 1. The summed E-state index contributed by atoms with van der Waals surface area (Å²) in [6, 6.07) is 19.0. The number of hydrazine groups is 1. The smallest absolute Gasteiger partial charge is 0.0500 e. The van der Waals surface area contributed by atoms with Crippen molar-refractivity contribution in [1.29, 1.82) is 0 Å². The lowest BCUT2D eigenvalue weighted by atomic mass is 9.98. The molecule has 0 heterocycles. The van der Waals surface area contributed by atoms with Crippen LogP contribution in [0, 0.1) is 6.92 Å². The molecular formula is C15H18N2. The fraction of sp³-hybridized carbons (Fsp3) is 0.200. The number of hydrogen-bond donors (Lipinski definition) is 2. The van der Waals surface area contributed by atoms with Gasteiger partial charge in [0.15, 0.2) is 0 Å². The van der Waals surface area contributed by atoms with Crippen molar-refractivity contribution >= 4 is 0 Å². The van der Waals surface area contributed by atoms with E-state index in [1.165, 1.54) is 16.7 Å². The molecule has 0 fully saturated rings. The lowest BCUT2D eigenvalue weighted by Crippen LogP contribution is -2.29. The second-order valence-corrected chi connectivity index (χ2v) is 4.32. The molecule has 0 radical (unpaired) electrons. The van der Waals surface area contributed by atoms with Gasteiger partial charge in [-0.2, -0.15) is 0 Å². The normalized spacial score (nSPS) is 12.4. The van der Waals surface area contributed by atoms with Crippen molar-refractivity contribution in [3.05, 3.63) is 71.3 Å². The molecule has 2 heteroatoms. The Morgan fingerprint density at radius 3 is 2.47 bits per heavy atom. The number of rotatable bonds is 4. The summed E-state index contributed by atoms with van der Waals surface area (Å²) in [6.07, 6.45) is 0.904. The molecule has 0 aliphatic carbocycles. The van der Waals surface area contributed by atoms with Crippen LogP contribution in [0.1, 0.15) is 22.7 Å². The highest BCUT2D eigenvalue weighted by atomic mass is 15.2. The van der Waals surface area contributed by atoms with Crippen LogP contribution in [0.3, 0.4) is 0 Å². The van der Waals surface area contributed by atoms with E-state index < -0.39 is 0 Å². The van der Waals surface area contributed by atoms with Crippen LogP contribution < -0.4 is 11.3 Å².